The van der Waals surface area contributed by atoms with Crippen LogP contribution in [0.4, 0.5) is 5.69 Å². The van der Waals surface area contributed by atoms with Crippen LogP contribution >= 0.6 is 28.1 Å². The largest absolute Gasteiger partial charge is 0.483 e. The van der Waals surface area contributed by atoms with E-state index in [1.807, 2.05) is 32.0 Å². The molecular weight excluding hydrogens is 470 g/mol. The average Bonchev–Trinajstić information content (AvgIpc) is 2.66. The van der Waals surface area contributed by atoms with Crippen LogP contribution in [0.2, 0.25) is 0 Å². The summed E-state index contributed by atoms with van der Waals surface area (Å²) in [5.41, 5.74) is 3.36. The minimum Gasteiger partial charge on any atom is -0.483 e. The molecule has 1 saturated heterocycles. The van der Waals surface area contributed by atoms with E-state index < -0.39 is 11.8 Å². The molecule has 0 saturated carbocycles. The van der Waals surface area contributed by atoms with Gasteiger partial charge in [-0.15, -0.1) is 0 Å². The summed E-state index contributed by atoms with van der Waals surface area (Å²) in [5.74, 6) is -0.968. The highest BCUT2D eigenvalue weighted by Crippen LogP contribution is 2.27. The maximum Gasteiger partial charge on any atom is 0.263 e. The van der Waals surface area contributed by atoms with Crippen LogP contribution in [0.5, 0.6) is 5.75 Å². The summed E-state index contributed by atoms with van der Waals surface area (Å²) in [4.78, 5) is 36.1. The van der Waals surface area contributed by atoms with E-state index in [4.69, 9.17) is 17.0 Å². The molecule has 9 heteroatoms. The molecule has 2 aromatic carbocycles. The van der Waals surface area contributed by atoms with Crippen LogP contribution in [0.15, 0.2) is 46.4 Å². The number of halogens is 1. The topological polar surface area (TPSA) is 96.5 Å². The summed E-state index contributed by atoms with van der Waals surface area (Å²) < 4.78 is 6.15. The predicted molar refractivity (Wildman–Crippen MR) is 121 cm³/mol. The second-order valence-corrected chi connectivity index (χ2v) is 7.90. The Bertz CT molecular complexity index is 1080. The number of ether oxygens (including phenoxy) is 1. The fraction of sp³-hybridized carbons (Fsp3) is 0.143. The maximum atomic E-state index is 12.2. The van der Waals surface area contributed by atoms with E-state index >= 15 is 0 Å². The Morgan fingerprint density at radius 2 is 1.83 bits per heavy atom. The average molecular weight is 488 g/mol. The van der Waals surface area contributed by atoms with Crippen molar-refractivity contribution in [2.45, 2.75) is 13.8 Å². The number of nitrogens with one attached hydrogen (secondary N) is 3. The van der Waals surface area contributed by atoms with Crippen molar-refractivity contribution in [3.63, 3.8) is 0 Å². The summed E-state index contributed by atoms with van der Waals surface area (Å²) in [6.07, 6.45) is 1.44. The third-order valence-corrected chi connectivity index (χ3v) is 5.05. The molecule has 30 heavy (non-hydrogen) atoms. The molecule has 0 aromatic heterocycles. The van der Waals surface area contributed by atoms with Crippen LogP contribution in [0.25, 0.3) is 6.08 Å². The summed E-state index contributed by atoms with van der Waals surface area (Å²) in [6.45, 7) is 3.74. The van der Waals surface area contributed by atoms with Crippen LogP contribution in [0, 0.1) is 13.8 Å². The zero-order valence-corrected chi connectivity index (χ0v) is 18.6. The molecule has 0 atom stereocenters. The lowest BCUT2D eigenvalue weighted by Crippen LogP contribution is -2.51. The van der Waals surface area contributed by atoms with Gasteiger partial charge >= 0.3 is 0 Å². The van der Waals surface area contributed by atoms with Gasteiger partial charge in [-0.05, 0) is 77.4 Å². The number of rotatable bonds is 5. The fourth-order valence-corrected chi connectivity index (χ4v) is 3.48. The Kier molecular flexibility index (Phi) is 6.63. The van der Waals surface area contributed by atoms with E-state index in [1.165, 1.54) is 6.08 Å². The second-order valence-electron chi connectivity index (χ2n) is 6.64. The number of benzene rings is 2. The van der Waals surface area contributed by atoms with Crippen molar-refractivity contribution in [2.24, 2.45) is 0 Å². The number of carbonyl (C=O) groups is 3. The van der Waals surface area contributed by atoms with E-state index in [9.17, 15) is 14.4 Å². The molecule has 0 bridgehead atoms. The van der Waals surface area contributed by atoms with Crippen LogP contribution in [-0.4, -0.2) is 29.4 Å². The van der Waals surface area contributed by atoms with Gasteiger partial charge in [0.2, 0.25) is 0 Å². The Balaban J connectivity index is 1.65. The van der Waals surface area contributed by atoms with E-state index in [0.717, 1.165) is 16.8 Å². The van der Waals surface area contributed by atoms with E-state index in [2.05, 4.69) is 31.9 Å². The molecule has 3 amide bonds. The number of amides is 3. The first-order chi connectivity index (χ1) is 14.2. The van der Waals surface area contributed by atoms with Crippen molar-refractivity contribution in [3.05, 3.63) is 63.1 Å². The lowest BCUT2D eigenvalue weighted by molar-refractivity contribution is -0.123. The SMILES string of the molecule is Cc1ccc(NC(=O)COc2ccc(C=C3C(=O)NC(=S)NC3=O)cc2Br)c(C)c1. The molecule has 0 aliphatic carbocycles. The zero-order chi connectivity index (χ0) is 21.8. The summed E-state index contributed by atoms with van der Waals surface area (Å²) in [5, 5.41) is 7.55. The molecule has 0 unspecified atom stereocenters. The van der Waals surface area contributed by atoms with E-state index in [1.54, 1.807) is 18.2 Å². The number of hydrogen-bond acceptors (Lipinski definition) is 5. The molecule has 1 aliphatic rings. The molecule has 1 fully saturated rings. The monoisotopic (exact) mass is 487 g/mol. The molecule has 1 aliphatic heterocycles. The first kappa shape index (κ1) is 21.7. The Labute approximate surface area is 187 Å². The molecule has 2 aromatic rings. The summed E-state index contributed by atoms with van der Waals surface area (Å²) >= 11 is 8.15. The molecule has 7 nitrogen and oxygen atoms in total. The Hall–Kier alpha value is -3.04. The quantitative estimate of drug-likeness (QED) is 0.342. The van der Waals surface area contributed by atoms with Crippen LogP contribution < -0.4 is 20.7 Å². The van der Waals surface area contributed by atoms with Crippen LogP contribution in [-0.2, 0) is 14.4 Å². The second kappa shape index (κ2) is 9.19. The lowest BCUT2D eigenvalue weighted by Gasteiger charge is -2.16. The van der Waals surface area contributed by atoms with Gasteiger partial charge in [0, 0.05) is 5.69 Å². The van der Waals surface area contributed by atoms with Gasteiger partial charge in [-0.3, -0.25) is 25.0 Å². The molecule has 1 heterocycles. The van der Waals surface area contributed by atoms with Gasteiger partial charge in [0.1, 0.15) is 11.3 Å². The van der Waals surface area contributed by atoms with Crippen LogP contribution in [0.3, 0.4) is 0 Å². The minimum atomic E-state index is -0.566. The number of aryl methyl sites for hydroxylation is 2. The predicted octanol–water partition coefficient (Wildman–Crippen LogP) is 3.00. The lowest BCUT2D eigenvalue weighted by atomic mass is 10.1. The van der Waals surface area contributed by atoms with Crippen molar-refractivity contribution in [2.75, 3.05) is 11.9 Å². The Morgan fingerprint density at radius 1 is 1.13 bits per heavy atom. The third kappa shape index (κ3) is 5.31. The summed E-state index contributed by atoms with van der Waals surface area (Å²) in [7, 11) is 0. The normalized spacial score (nSPS) is 13.4. The highest BCUT2D eigenvalue weighted by atomic mass is 79.9. The maximum absolute atomic E-state index is 12.2. The first-order valence-corrected chi connectivity index (χ1v) is 10.1. The number of hydrogen-bond donors (Lipinski definition) is 3. The first-order valence-electron chi connectivity index (χ1n) is 8.91. The van der Waals surface area contributed by atoms with Gasteiger partial charge < -0.3 is 10.1 Å². The van der Waals surface area contributed by atoms with Crippen LogP contribution in [0.1, 0.15) is 16.7 Å². The van der Waals surface area contributed by atoms with Gasteiger partial charge in [-0.2, -0.15) is 0 Å². The zero-order valence-electron chi connectivity index (χ0n) is 16.2. The Morgan fingerprint density at radius 3 is 2.47 bits per heavy atom. The molecular formula is C21H18BrN3O4S. The molecule has 3 rings (SSSR count). The fourth-order valence-electron chi connectivity index (χ4n) is 2.78. The number of carbonyl (C=O) groups excluding carboxylic acids is 3. The smallest absolute Gasteiger partial charge is 0.263 e. The highest BCUT2D eigenvalue weighted by molar-refractivity contribution is 9.10. The van der Waals surface area contributed by atoms with Gasteiger partial charge in [-0.1, -0.05) is 23.8 Å². The molecule has 154 valence electrons. The van der Waals surface area contributed by atoms with Crippen molar-refractivity contribution in [1.29, 1.82) is 0 Å². The van der Waals surface area contributed by atoms with E-state index in [-0.39, 0.29) is 23.2 Å². The number of anilines is 1. The minimum absolute atomic E-state index is 0.0220. The van der Waals surface area contributed by atoms with Gasteiger partial charge in [0.05, 0.1) is 4.47 Å². The van der Waals surface area contributed by atoms with Crippen molar-refractivity contribution < 1.29 is 19.1 Å². The standard InChI is InChI=1S/C21H18BrN3O4S/c1-11-3-5-16(12(2)7-11)23-18(26)10-29-17-6-4-13(9-15(17)22)8-14-19(27)24-21(30)25-20(14)28/h3-9H,10H2,1-2H3,(H,23,26)(H2,24,25,27,28,30). The van der Waals surface area contributed by atoms with Gasteiger partial charge in [0.25, 0.3) is 17.7 Å². The van der Waals surface area contributed by atoms with Gasteiger partial charge in [0.15, 0.2) is 11.7 Å². The molecule has 0 spiro atoms. The summed E-state index contributed by atoms with van der Waals surface area (Å²) in [6, 6.07) is 10.8. The van der Waals surface area contributed by atoms with Crippen molar-refractivity contribution in [1.82, 2.24) is 10.6 Å². The number of thiocarbonyl (C=S) groups is 1. The van der Waals surface area contributed by atoms with E-state index in [0.29, 0.717) is 15.8 Å². The van der Waals surface area contributed by atoms with Crippen molar-refractivity contribution in [3.8, 4) is 5.75 Å². The third-order valence-electron chi connectivity index (χ3n) is 4.23. The molecule has 0 radical (unpaired) electrons. The molecule has 3 N–H and O–H groups in total. The highest BCUT2D eigenvalue weighted by Gasteiger charge is 2.25. The van der Waals surface area contributed by atoms with Crippen molar-refractivity contribution >= 4 is 62.7 Å². The van der Waals surface area contributed by atoms with Gasteiger partial charge in [-0.25, -0.2) is 0 Å².